The number of rotatable bonds is 40. The third-order valence-electron chi connectivity index (χ3n) is 9.78. The minimum absolute atomic E-state index is 0.00331. The third kappa shape index (κ3) is 39.7. The fourth-order valence-corrected chi connectivity index (χ4v) is 6.21. The van der Waals surface area contributed by atoms with Gasteiger partial charge in [0.25, 0.3) is 0 Å². The van der Waals surface area contributed by atoms with Crippen molar-refractivity contribution in [3.63, 3.8) is 0 Å². The molecule has 0 amide bonds. The Hall–Kier alpha value is -3.49. The van der Waals surface area contributed by atoms with Gasteiger partial charge in [0, 0.05) is 19.3 Å². The number of hydrogen-bond donors (Lipinski definition) is 0. The Balaban J connectivity index is 4.48. The molecule has 0 rings (SSSR count). The maximum absolute atomic E-state index is 12.7. The number of carbonyl (C=O) groups excluding carboxylic acids is 3. The first kappa shape index (κ1) is 55.5. The molecule has 0 fully saturated rings. The maximum Gasteiger partial charge on any atom is 0.306 e. The molecule has 8 heteroatoms. The summed E-state index contributed by atoms with van der Waals surface area (Å²) in [5, 5.41) is 11.6. The van der Waals surface area contributed by atoms with Gasteiger partial charge < -0.3 is 28.6 Å². The summed E-state index contributed by atoms with van der Waals surface area (Å²) in [7, 11) is 5.37. The maximum atomic E-state index is 12.7. The monoisotopic (exact) mass is 824 g/mol. The van der Waals surface area contributed by atoms with Gasteiger partial charge in [0.15, 0.2) is 6.10 Å². The van der Waals surface area contributed by atoms with E-state index >= 15 is 0 Å². The molecule has 0 aliphatic rings. The van der Waals surface area contributed by atoms with Gasteiger partial charge in [0.1, 0.15) is 12.6 Å². The molecule has 2 unspecified atom stereocenters. The van der Waals surface area contributed by atoms with Gasteiger partial charge in [-0.15, -0.1) is 0 Å². The summed E-state index contributed by atoms with van der Waals surface area (Å²) in [6.07, 6.45) is 53.4. The number of ether oxygens (including phenoxy) is 3. The average Bonchev–Trinajstić information content (AvgIpc) is 3.19. The van der Waals surface area contributed by atoms with Crippen molar-refractivity contribution in [3.8, 4) is 0 Å². The Morgan fingerprint density at radius 2 is 0.983 bits per heavy atom. The van der Waals surface area contributed by atoms with Crippen LogP contribution in [0.2, 0.25) is 0 Å². The van der Waals surface area contributed by atoms with Crippen LogP contribution in [0.5, 0.6) is 0 Å². The van der Waals surface area contributed by atoms with E-state index in [2.05, 4.69) is 86.8 Å². The number of aliphatic carboxylic acids is 1. The van der Waals surface area contributed by atoms with Crippen LogP contribution < -0.4 is 5.11 Å². The number of allylic oxidation sites excluding steroid dienone is 14. The zero-order valence-corrected chi connectivity index (χ0v) is 38.1. The second-order valence-corrected chi connectivity index (χ2v) is 16.3. The molecule has 0 aromatic carbocycles. The lowest BCUT2D eigenvalue weighted by atomic mass is 10.1. The van der Waals surface area contributed by atoms with Crippen LogP contribution in [0, 0.1) is 0 Å². The number of unbranched alkanes of at least 4 members (excludes halogenated alkanes) is 12. The van der Waals surface area contributed by atoms with Crippen LogP contribution in [0.3, 0.4) is 0 Å². The number of esters is 2. The van der Waals surface area contributed by atoms with E-state index in [-0.39, 0.29) is 43.1 Å². The van der Waals surface area contributed by atoms with E-state index in [4.69, 9.17) is 14.2 Å². The highest BCUT2D eigenvalue weighted by Crippen LogP contribution is 2.12. The van der Waals surface area contributed by atoms with Gasteiger partial charge in [-0.05, 0) is 77.0 Å². The molecule has 8 nitrogen and oxygen atoms in total. The molecule has 0 bridgehead atoms. The minimum Gasteiger partial charge on any atom is -0.544 e. The molecule has 0 spiro atoms. The Morgan fingerprint density at radius 1 is 0.525 bits per heavy atom. The van der Waals surface area contributed by atoms with Gasteiger partial charge in [-0.3, -0.25) is 9.59 Å². The Labute approximate surface area is 361 Å². The summed E-state index contributed by atoms with van der Waals surface area (Å²) in [6.45, 7) is 4.44. The number of quaternary nitrogens is 1. The molecule has 59 heavy (non-hydrogen) atoms. The Morgan fingerprint density at radius 3 is 1.47 bits per heavy atom. The molecular formula is C51H85NO7. The van der Waals surface area contributed by atoms with Crippen LogP contribution >= 0.6 is 0 Å². The van der Waals surface area contributed by atoms with E-state index in [9.17, 15) is 19.5 Å². The molecular weight excluding hydrogens is 739 g/mol. The van der Waals surface area contributed by atoms with Crippen molar-refractivity contribution in [2.75, 3.05) is 41.0 Å². The van der Waals surface area contributed by atoms with Gasteiger partial charge in [0.2, 0.25) is 0 Å². The fraction of sp³-hybridized carbons (Fsp3) is 0.667. The lowest BCUT2D eigenvalue weighted by molar-refractivity contribution is -0.889. The number of carbonyl (C=O) groups is 3. The first-order valence-corrected chi connectivity index (χ1v) is 23.1. The lowest BCUT2D eigenvalue weighted by Gasteiger charge is -2.34. The normalized spacial score (nSPS) is 13.7. The highest BCUT2D eigenvalue weighted by Gasteiger charge is 2.25. The van der Waals surface area contributed by atoms with E-state index in [0.29, 0.717) is 12.8 Å². The Bertz CT molecular complexity index is 1240. The second-order valence-electron chi connectivity index (χ2n) is 16.3. The standard InChI is InChI=1S/C51H85NO7/c1-6-8-10-12-14-16-18-20-22-24-25-26-28-30-32-34-36-38-40-42-50(54)59-47(45-57-44-43-48(51(55)56)52(3,4)5)46-58-49(53)41-39-37-35-33-31-29-27-23-21-19-17-15-13-11-9-7-2/h8,10,14,16,20,22-23,25-27,30,32,36,38,47-48H,6-7,9,11-13,15,17-19,21,24,28-29,31,33-35,37,39-46H2,1-5H3/b10-8-,16-14-,22-20-,26-25-,27-23-,32-30-,38-36-. The molecule has 0 aromatic heterocycles. The van der Waals surface area contributed by atoms with Gasteiger partial charge >= 0.3 is 11.9 Å². The topological polar surface area (TPSA) is 102 Å². The summed E-state index contributed by atoms with van der Waals surface area (Å²) < 4.78 is 17.1. The molecule has 0 saturated carbocycles. The van der Waals surface area contributed by atoms with E-state index in [0.717, 1.165) is 70.6 Å². The fourth-order valence-electron chi connectivity index (χ4n) is 6.21. The van der Waals surface area contributed by atoms with Crippen molar-refractivity contribution in [2.45, 2.75) is 180 Å². The number of carboxylic acids is 1. The highest BCUT2D eigenvalue weighted by atomic mass is 16.6. The summed E-state index contributed by atoms with van der Waals surface area (Å²) in [4.78, 5) is 36.9. The number of hydrogen-bond acceptors (Lipinski definition) is 7. The van der Waals surface area contributed by atoms with Crippen LogP contribution in [0.4, 0.5) is 0 Å². The van der Waals surface area contributed by atoms with Gasteiger partial charge in [-0.2, -0.15) is 0 Å². The average molecular weight is 824 g/mol. The van der Waals surface area contributed by atoms with Gasteiger partial charge in [0.05, 0.1) is 40.3 Å². The number of carboxylic acid groups (broad SMARTS) is 1. The van der Waals surface area contributed by atoms with Crippen LogP contribution in [0.15, 0.2) is 85.1 Å². The quantitative estimate of drug-likeness (QED) is 0.0262. The number of nitrogens with zero attached hydrogens (tertiary/aromatic N) is 1. The SMILES string of the molecule is CC/C=C\C/C=C\C/C=C\C/C=C\C/C=C\C/C=C\CCC(=O)OC(COCCC(C(=O)[O-])[N+](C)(C)C)COC(=O)CCCCCCC/C=C\CCCCCCCCC. The largest absolute Gasteiger partial charge is 0.544 e. The second kappa shape index (κ2) is 41.3. The molecule has 0 N–H and O–H groups in total. The van der Waals surface area contributed by atoms with Crippen molar-refractivity contribution in [1.82, 2.24) is 0 Å². The smallest absolute Gasteiger partial charge is 0.306 e. The molecule has 0 saturated heterocycles. The molecule has 336 valence electrons. The van der Waals surface area contributed by atoms with Crippen LogP contribution in [-0.2, 0) is 28.6 Å². The van der Waals surface area contributed by atoms with Gasteiger partial charge in [-0.1, -0.05) is 157 Å². The summed E-state index contributed by atoms with van der Waals surface area (Å²) in [5.41, 5.74) is 0. The zero-order chi connectivity index (χ0) is 43.5. The summed E-state index contributed by atoms with van der Waals surface area (Å²) in [6, 6.07) is -0.744. The van der Waals surface area contributed by atoms with Crippen LogP contribution in [0.1, 0.15) is 168 Å². The molecule has 0 radical (unpaired) electrons. The highest BCUT2D eigenvalue weighted by molar-refractivity contribution is 5.70. The summed E-state index contributed by atoms with van der Waals surface area (Å²) >= 11 is 0. The van der Waals surface area contributed by atoms with Crippen molar-refractivity contribution >= 4 is 17.9 Å². The third-order valence-corrected chi connectivity index (χ3v) is 9.78. The van der Waals surface area contributed by atoms with Crippen molar-refractivity contribution in [3.05, 3.63) is 85.1 Å². The molecule has 0 aliphatic carbocycles. The van der Waals surface area contributed by atoms with Crippen molar-refractivity contribution in [1.29, 1.82) is 0 Å². The first-order valence-electron chi connectivity index (χ1n) is 23.1. The first-order chi connectivity index (χ1) is 28.6. The molecule has 0 aliphatic heterocycles. The minimum atomic E-state index is -1.14. The van der Waals surface area contributed by atoms with Crippen molar-refractivity contribution < 1.29 is 38.2 Å². The molecule has 0 aromatic rings. The van der Waals surface area contributed by atoms with Crippen LogP contribution in [-0.4, -0.2) is 75.5 Å². The van der Waals surface area contributed by atoms with Crippen molar-refractivity contribution in [2.24, 2.45) is 0 Å². The zero-order valence-electron chi connectivity index (χ0n) is 38.1. The lowest BCUT2D eigenvalue weighted by Crippen LogP contribution is -2.55. The van der Waals surface area contributed by atoms with E-state index in [1.54, 1.807) is 21.1 Å². The van der Waals surface area contributed by atoms with E-state index in [1.807, 2.05) is 12.2 Å². The molecule has 2 atom stereocenters. The van der Waals surface area contributed by atoms with E-state index < -0.39 is 24.1 Å². The Kier molecular flexibility index (Phi) is 38.8. The van der Waals surface area contributed by atoms with E-state index in [1.165, 1.54) is 57.8 Å². The summed E-state index contributed by atoms with van der Waals surface area (Å²) in [5.74, 6) is -1.86. The predicted octanol–water partition coefficient (Wildman–Crippen LogP) is 11.6. The predicted molar refractivity (Wildman–Crippen MR) is 245 cm³/mol. The van der Waals surface area contributed by atoms with Crippen LogP contribution in [0.25, 0.3) is 0 Å². The van der Waals surface area contributed by atoms with Gasteiger partial charge in [-0.25, -0.2) is 0 Å². The molecule has 0 heterocycles. The number of likely N-dealkylation sites (N-methyl/N-ethyl adjacent to an activating group) is 1.